The van der Waals surface area contributed by atoms with Gasteiger partial charge in [0.05, 0.1) is 29.3 Å². The molecule has 0 bridgehead atoms. The Morgan fingerprint density at radius 3 is 2.48 bits per heavy atom. The van der Waals surface area contributed by atoms with Crippen LogP contribution < -0.4 is 5.32 Å². The number of rotatable bonds is 7. The fraction of sp³-hybridized carbons (Fsp3) is 0.526. The Bertz CT molecular complexity index is 939. The van der Waals surface area contributed by atoms with Crippen LogP contribution in [0.15, 0.2) is 24.3 Å². The van der Waals surface area contributed by atoms with Gasteiger partial charge < -0.3 is 10.1 Å². The molecule has 0 aliphatic carbocycles. The summed E-state index contributed by atoms with van der Waals surface area (Å²) in [7, 11) is -3.36. The predicted molar refractivity (Wildman–Crippen MR) is 110 cm³/mol. The molecule has 2 aromatic rings. The number of morpholine rings is 1. The van der Waals surface area contributed by atoms with E-state index >= 15 is 0 Å². The van der Waals surface area contributed by atoms with Crippen molar-refractivity contribution in [2.24, 2.45) is 0 Å². The molecule has 7 nitrogen and oxygen atoms in total. The van der Waals surface area contributed by atoms with Crippen molar-refractivity contribution in [3.8, 4) is 5.69 Å². The third-order valence-corrected chi connectivity index (χ3v) is 7.00. The number of halogens is 2. The molecule has 0 radical (unpaired) electrons. The summed E-state index contributed by atoms with van der Waals surface area (Å²) in [6.45, 7) is 7.01. The number of hydrogen-bond donors (Lipinski definition) is 1. The third-order valence-electron chi connectivity index (χ3n) is 4.81. The zero-order valence-electron chi connectivity index (χ0n) is 16.7. The molecule has 3 rings (SSSR count). The van der Waals surface area contributed by atoms with Crippen molar-refractivity contribution in [1.29, 1.82) is 0 Å². The van der Waals surface area contributed by atoms with Crippen LogP contribution in [0.4, 0.5) is 4.39 Å². The first-order valence-corrected chi connectivity index (χ1v) is 11.5. The Balaban J connectivity index is 1.59. The first-order valence-electron chi connectivity index (χ1n) is 9.51. The summed E-state index contributed by atoms with van der Waals surface area (Å²) in [4.78, 5) is 0. The Hall–Kier alpha value is -1.52. The summed E-state index contributed by atoms with van der Waals surface area (Å²) < 4.78 is 47.0. The summed E-state index contributed by atoms with van der Waals surface area (Å²) in [6.07, 6.45) is -0.222. The second kappa shape index (κ2) is 9.09. The average molecular weight is 445 g/mol. The third kappa shape index (κ3) is 5.35. The number of aromatic nitrogens is 2. The van der Waals surface area contributed by atoms with Crippen LogP contribution >= 0.6 is 11.6 Å². The van der Waals surface area contributed by atoms with E-state index in [-0.39, 0.29) is 23.8 Å². The molecule has 2 unspecified atom stereocenters. The van der Waals surface area contributed by atoms with Gasteiger partial charge in [-0.2, -0.15) is 9.40 Å². The molecule has 1 aliphatic heterocycles. The molecule has 10 heteroatoms. The lowest BCUT2D eigenvalue weighted by Crippen LogP contribution is -2.49. The summed E-state index contributed by atoms with van der Waals surface area (Å²) in [5.41, 5.74) is 2.16. The van der Waals surface area contributed by atoms with Crippen molar-refractivity contribution in [3.05, 3.63) is 46.5 Å². The molecule has 0 saturated carbocycles. The van der Waals surface area contributed by atoms with E-state index in [9.17, 15) is 12.8 Å². The van der Waals surface area contributed by atoms with Gasteiger partial charge in [0.2, 0.25) is 10.0 Å². The molecule has 29 heavy (non-hydrogen) atoms. The van der Waals surface area contributed by atoms with Crippen molar-refractivity contribution < 1.29 is 17.5 Å². The second-order valence-electron chi connectivity index (χ2n) is 7.31. The van der Waals surface area contributed by atoms with Gasteiger partial charge in [0.1, 0.15) is 11.0 Å². The summed E-state index contributed by atoms with van der Waals surface area (Å²) >= 11 is 6.45. The predicted octanol–water partition coefficient (Wildman–Crippen LogP) is 2.50. The second-order valence-corrected chi connectivity index (χ2v) is 9.76. The van der Waals surface area contributed by atoms with E-state index in [1.807, 2.05) is 20.8 Å². The number of ether oxygens (including phenoxy) is 1. The maximum Gasteiger partial charge on any atom is 0.215 e. The lowest BCUT2D eigenvalue weighted by atomic mass is 10.2. The van der Waals surface area contributed by atoms with Crippen LogP contribution in [0, 0.1) is 12.7 Å². The van der Waals surface area contributed by atoms with E-state index in [0.717, 1.165) is 11.3 Å². The number of benzene rings is 1. The van der Waals surface area contributed by atoms with Crippen molar-refractivity contribution in [3.63, 3.8) is 0 Å². The van der Waals surface area contributed by atoms with Crippen LogP contribution in [0.5, 0.6) is 0 Å². The standard InChI is InChI=1S/C19H26ClFN4O3S/c1-13-11-24(12-14(2)28-13)29(26,27)9-8-22-10-18-15(3)23-25(19(18)20)17-6-4-16(21)5-7-17/h4-7,13-14,22H,8-12H2,1-3H3. The fourth-order valence-corrected chi connectivity index (χ4v) is 5.26. The van der Waals surface area contributed by atoms with Gasteiger partial charge in [-0.1, -0.05) is 11.6 Å². The maximum atomic E-state index is 13.1. The largest absolute Gasteiger partial charge is 0.373 e. The highest BCUT2D eigenvalue weighted by Crippen LogP contribution is 2.23. The summed E-state index contributed by atoms with van der Waals surface area (Å²) in [6, 6.07) is 5.89. The Morgan fingerprint density at radius 1 is 1.24 bits per heavy atom. The molecule has 1 aliphatic rings. The zero-order valence-corrected chi connectivity index (χ0v) is 18.3. The molecule has 160 valence electrons. The van der Waals surface area contributed by atoms with Crippen molar-refractivity contribution in [2.75, 3.05) is 25.4 Å². The zero-order chi connectivity index (χ0) is 21.2. The van der Waals surface area contributed by atoms with E-state index in [0.29, 0.717) is 37.0 Å². The van der Waals surface area contributed by atoms with Crippen LogP contribution in [0.25, 0.3) is 5.69 Å². The highest BCUT2D eigenvalue weighted by molar-refractivity contribution is 7.89. The number of hydrogen-bond acceptors (Lipinski definition) is 5. The Morgan fingerprint density at radius 2 is 1.86 bits per heavy atom. The highest BCUT2D eigenvalue weighted by atomic mass is 35.5. The van der Waals surface area contributed by atoms with E-state index in [2.05, 4.69) is 10.4 Å². The fourth-order valence-electron chi connectivity index (χ4n) is 3.39. The number of nitrogens with zero attached hydrogens (tertiary/aromatic N) is 3. The molecule has 1 saturated heterocycles. The maximum absolute atomic E-state index is 13.1. The monoisotopic (exact) mass is 444 g/mol. The topological polar surface area (TPSA) is 76.5 Å². The van der Waals surface area contributed by atoms with Crippen molar-refractivity contribution in [1.82, 2.24) is 19.4 Å². The number of aryl methyl sites for hydroxylation is 1. The minimum atomic E-state index is -3.36. The molecule has 1 N–H and O–H groups in total. The van der Waals surface area contributed by atoms with E-state index in [1.165, 1.54) is 16.4 Å². The van der Waals surface area contributed by atoms with Gasteiger partial charge >= 0.3 is 0 Å². The average Bonchev–Trinajstić information content (AvgIpc) is 2.93. The molecule has 1 aromatic carbocycles. The molecule has 0 amide bonds. The van der Waals surface area contributed by atoms with E-state index < -0.39 is 10.0 Å². The number of nitrogens with one attached hydrogen (secondary N) is 1. The minimum absolute atomic E-state index is 0.00476. The molecule has 0 spiro atoms. The van der Waals surface area contributed by atoms with E-state index in [1.54, 1.807) is 16.8 Å². The van der Waals surface area contributed by atoms with Gasteiger partial charge in [-0.3, -0.25) is 0 Å². The van der Waals surface area contributed by atoms with Gasteiger partial charge in [0.25, 0.3) is 0 Å². The highest BCUT2D eigenvalue weighted by Gasteiger charge is 2.30. The van der Waals surface area contributed by atoms with Gasteiger partial charge in [-0.05, 0) is 45.0 Å². The van der Waals surface area contributed by atoms with Crippen LogP contribution in [-0.4, -0.2) is 60.1 Å². The summed E-state index contributed by atoms with van der Waals surface area (Å²) in [5, 5.41) is 7.97. The lowest BCUT2D eigenvalue weighted by Gasteiger charge is -2.34. The molecular weight excluding hydrogens is 419 g/mol. The minimum Gasteiger partial charge on any atom is -0.373 e. The molecular formula is C19H26ClFN4O3S. The van der Waals surface area contributed by atoms with Crippen LogP contribution in [0.3, 0.4) is 0 Å². The lowest BCUT2D eigenvalue weighted by molar-refractivity contribution is -0.0440. The molecule has 1 aromatic heterocycles. The normalized spacial score (nSPS) is 20.9. The first kappa shape index (κ1) is 22.2. The van der Waals surface area contributed by atoms with Crippen LogP contribution in [0.1, 0.15) is 25.1 Å². The first-order chi connectivity index (χ1) is 13.7. The smallest absolute Gasteiger partial charge is 0.215 e. The van der Waals surface area contributed by atoms with Gasteiger partial charge in [0.15, 0.2) is 0 Å². The molecule has 2 atom stereocenters. The Labute approximate surface area is 175 Å². The number of sulfonamides is 1. The summed E-state index contributed by atoms with van der Waals surface area (Å²) in [5.74, 6) is -0.337. The van der Waals surface area contributed by atoms with Crippen LogP contribution in [-0.2, 0) is 21.3 Å². The van der Waals surface area contributed by atoms with Crippen LogP contribution in [0.2, 0.25) is 5.15 Å². The van der Waals surface area contributed by atoms with E-state index in [4.69, 9.17) is 16.3 Å². The quantitative estimate of drug-likeness (QED) is 0.664. The molecule has 1 fully saturated rings. The van der Waals surface area contributed by atoms with Crippen molar-refractivity contribution >= 4 is 21.6 Å². The van der Waals surface area contributed by atoms with Gasteiger partial charge in [-0.15, -0.1) is 0 Å². The SMILES string of the molecule is Cc1nn(-c2ccc(F)cc2)c(Cl)c1CNCCS(=O)(=O)N1CC(C)OC(C)C1. The molecule has 2 heterocycles. The van der Waals surface area contributed by atoms with Gasteiger partial charge in [0, 0.05) is 31.7 Å². The van der Waals surface area contributed by atoms with Crippen molar-refractivity contribution in [2.45, 2.75) is 39.5 Å². The Kier molecular flexibility index (Phi) is 6.95. The van der Waals surface area contributed by atoms with Gasteiger partial charge in [-0.25, -0.2) is 17.5 Å².